The number of amides is 2. The molecule has 8 atom stereocenters. The number of carbonyl (C=O) groups is 7. The van der Waals surface area contributed by atoms with E-state index < -0.39 is 145 Å². The van der Waals surface area contributed by atoms with Gasteiger partial charge >= 0.3 is 43.9 Å². The highest BCUT2D eigenvalue weighted by molar-refractivity contribution is 7.49. The molecule has 3 rings (SSSR count). The van der Waals surface area contributed by atoms with Gasteiger partial charge in [0.2, 0.25) is 13.5 Å². The minimum absolute atomic E-state index is 0.0536. The number of aliphatic carboxylic acids is 1. The number of hydrogen-bond donors (Lipinski definition) is 3. The van der Waals surface area contributed by atoms with Gasteiger partial charge in [0.25, 0.3) is 0 Å². The summed E-state index contributed by atoms with van der Waals surface area (Å²) in [5.41, 5.74) is -1.85. The minimum atomic E-state index is -5.22. The molecule has 1 saturated heterocycles. The molecule has 2 amide bonds. The second-order valence-corrected chi connectivity index (χ2v) is 34.8. The van der Waals surface area contributed by atoms with Gasteiger partial charge in [0.05, 0.1) is 25.5 Å². The van der Waals surface area contributed by atoms with Gasteiger partial charge in [-0.15, -0.1) is 0 Å². The summed E-state index contributed by atoms with van der Waals surface area (Å²) in [5.74, 6) is -4.01. The zero-order valence-corrected chi connectivity index (χ0v) is 70.1. The first-order valence-electron chi connectivity index (χ1n) is 39.7. The maximum Gasteiger partial charge on any atom is 0.588 e. The smallest absolute Gasteiger partial charge is 0.481 e. The fraction of sp³-hybridized carbons (Fsp3) is 0.759. The van der Waals surface area contributed by atoms with Crippen LogP contribution >= 0.6 is 77.4 Å². The zero-order chi connectivity index (χ0) is 79.5. The highest BCUT2D eigenvalue weighted by atomic mass is 35.6. The predicted octanol–water partition coefficient (Wildman–Crippen LogP) is 22.1. The normalized spacial score (nSPS) is 17.0. The van der Waals surface area contributed by atoms with Crippen molar-refractivity contribution in [2.45, 2.75) is 360 Å². The quantitative estimate of drug-likeness (QED) is 0.0182. The number of carboxylic acids is 1. The number of phosphoric acid groups is 1. The summed E-state index contributed by atoms with van der Waals surface area (Å²) in [6.07, 6.45) is 18.1. The van der Waals surface area contributed by atoms with Crippen LogP contribution in [0.4, 0.5) is 9.59 Å². The number of hydrogen-bond acceptors (Lipinski definition) is 19. The molecule has 618 valence electrons. The van der Waals surface area contributed by atoms with Gasteiger partial charge in [-0.25, -0.2) is 14.2 Å². The number of ether oxygens (including phenoxy) is 8. The van der Waals surface area contributed by atoms with Crippen molar-refractivity contribution in [1.82, 2.24) is 10.6 Å². The van der Waals surface area contributed by atoms with E-state index in [0.29, 0.717) is 32.1 Å². The SMILES string of the molecule is CCCCCCCCCCC[C@H](CC(=O)N[C@@H](CCC(=O)O)CO[C@@H]1O[C@H](COC(=O)OC(C)(C)C(Cl)(Cl)Cl)[C@@H](OP(=O)(Oc2ccccc2)Oc2ccccc2)[C@H](OC(=O)C[C@@H](CCCCCCCCCCC)OC(=O)CCCCCCCCC)[C@@H]1NC(=O)OCC(Cl)(Cl)Cl)OC(=O)CCCCCCCCC. The molecule has 108 heavy (non-hydrogen) atoms. The molecule has 0 bridgehead atoms. The summed E-state index contributed by atoms with van der Waals surface area (Å²) in [6, 6.07) is 12.3. The minimum Gasteiger partial charge on any atom is -0.481 e. The van der Waals surface area contributed by atoms with E-state index in [9.17, 15) is 33.9 Å². The molecular formula is C79H125Cl6N2O20P. The maximum atomic E-state index is 15.8. The standard InChI is InChI=1S/C79H125Cl6N2O20P/c1-7-11-15-19-23-25-29-31-37-49-63(100-68(91)51-43-33-27-21-17-13-9-3)55-66(88)86-60(53-54-67(89)90)57-97-74-71(87-75(94)99-59-78(80,81)82)73(103-70(93)56-64(50-38-32-30-26-24-20-16-12-8-2)101-69(92)52-44-34-28-22-18-14-10-4)72(65(102-74)58-98-76(95)104-77(5,6)79(83,84)85)107-108(96,105-61-45-39-35-40-46-61)106-62-47-41-36-42-48-62/h35-36,39-42,45-48,60,63-65,71-74H,7-34,37-38,43-44,49-59H2,1-6H3,(H,86,88)(H,87,94)(H,89,90)/t60-,63+,64+,65+,71-,72+,73+,74+/m0/s1. The van der Waals surface area contributed by atoms with Crippen LogP contribution in [0.1, 0.15) is 298 Å². The number of phosphoric ester groups is 1. The fourth-order valence-electron chi connectivity index (χ4n) is 12.1. The third-order valence-electron chi connectivity index (χ3n) is 18.3. The lowest BCUT2D eigenvalue weighted by molar-refractivity contribution is -0.272. The molecule has 0 aliphatic carbocycles. The van der Waals surface area contributed by atoms with E-state index in [1.165, 1.54) is 51.0 Å². The van der Waals surface area contributed by atoms with Gasteiger partial charge in [0, 0.05) is 19.3 Å². The van der Waals surface area contributed by atoms with Crippen LogP contribution in [-0.4, -0.2) is 129 Å². The van der Waals surface area contributed by atoms with Crippen molar-refractivity contribution in [3.63, 3.8) is 0 Å². The van der Waals surface area contributed by atoms with Gasteiger partial charge in [0.15, 0.2) is 18.0 Å². The van der Waals surface area contributed by atoms with E-state index in [4.69, 9.17) is 121 Å². The highest BCUT2D eigenvalue weighted by Crippen LogP contribution is 2.53. The van der Waals surface area contributed by atoms with Crippen LogP contribution in [0.2, 0.25) is 0 Å². The number of esters is 3. The molecule has 1 aliphatic heterocycles. The Morgan fingerprint density at radius 3 is 1.38 bits per heavy atom. The molecule has 29 heteroatoms. The first kappa shape index (κ1) is 98.0. The van der Waals surface area contributed by atoms with Crippen molar-refractivity contribution >= 4 is 119 Å². The Kier molecular flexibility index (Phi) is 51.6. The lowest BCUT2D eigenvalue weighted by Gasteiger charge is -2.45. The van der Waals surface area contributed by atoms with Crippen LogP contribution < -0.4 is 19.7 Å². The van der Waals surface area contributed by atoms with Crippen molar-refractivity contribution < 1.29 is 94.7 Å². The third-order valence-corrected chi connectivity index (χ3v) is 21.4. The number of alkyl halides is 6. The maximum absolute atomic E-state index is 15.8. The molecule has 1 fully saturated rings. The summed E-state index contributed by atoms with van der Waals surface area (Å²) >= 11 is 37.0. The Hall–Kier alpha value is -4.22. The van der Waals surface area contributed by atoms with Crippen LogP contribution in [0.3, 0.4) is 0 Å². The van der Waals surface area contributed by atoms with Crippen molar-refractivity contribution in [2.75, 3.05) is 19.8 Å². The first-order chi connectivity index (χ1) is 51.6. The predicted molar refractivity (Wildman–Crippen MR) is 423 cm³/mol. The van der Waals surface area contributed by atoms with Crippen molar-refractivity contribution in [1.29, 1.82) is 0 Å². The topological polar surface area (TPSA) is 282 Å². The van der Waals surface area contributed by atoms with Gasteiger partial charge in [-0.1, -0.05) is 313 Å². The Balaban J connectivity index is 2.29. The summed E-state index contributed by atoms with van der Waals surface area (Å²) < 4.78 is 78.6. The second kappa shape index (κ2) is 56.9. The Bertz CT molecular complexity index is 2800. The fourth-order valence-corrected chi connectivity index (χ4v) is 13.8. The molecule has 0 saturated carbocycles. The van der Waals surface area contributed by atoms with E-state index in [2.05, 4.69) is 38.3 Å². The van der Waals surface area contributed by atoms with Crippen LogP contribution in [0, 0.1) is 0 Å². The Morgan fingerprint density at radius 1 is 0.528 bits per heavy atom. The molecular weight excluding hydrogens is 1540 g/mol. The van der Waals surface area contributed by atoms with Crippen molar-refractivity contribution in [3.8, 4) is 11.5 Å². The van der Waals surface area contributed by atoms with Crippen molar-refractivity contribution in [3.05, 3.63) is 60.7 Å². The van der Waals surface area contributed by atoms with E-state index in [1.807, 2.05) is 0 Å². The monoisotopic (exact) mass is 1660 g/mol. The number of para-hydroxylation sites is 2. The number of carboxylic acid groups (broad SMARTS) is 1. The largest absolute Gasteiger partial charge is 0.588 e. The average Bonchev–Trinajstić information content (AvgIpc) is 0.770. The van der Waals surface area contributed by atoms with E-state index in [0.717, 1.165) is 167 Å². The van der Waals surface area contributed by atoms with Crippen LogP contribution in [0.5, 0.6) is 11.5 Å². The van der Waals surface area contributed by atoms with Gasteiger partial charge < -0.3 is 62.7 Å². The Labute approximate surface area is 673 Å². The first-order valence-corrected chi connectivity index (χ1v) is 43.4. The molecule has 0 spiro atoms. The molecule has 1 aliphatic rings. The van der Waals surface area contributed by atoms with Crippen LogP contribution in [0.15, 0.2) is 60.7 Å². The number of unbranched alkanes of at least 4 members (excludes halogenated alkanes) is 28. The summed E-state index contributed by atoms with van der Waals surface area (Å²) in [7, 11) is -5.22. The number of alkyl carbamates (subject to hydrolysis) is 1. The van der Waals surface area contributed by atoms with Crippen LogP contribution in [0.25, 0.3) is 0 Å². The number of rotatable bonds is 61. The zero-order valence-electron chi connectivity index (χ0n) is 64.7. The molecule has 22 nitrogen and oxygen atoms in total. The molecule has 2 aromatic carbocycles. The van der Waals surface area contributed by atoms with Gasteiger partial charge in [-0.2, -0.15) is 0 Å². The number of carbonyl (C=O) groups excluding carboxylic acids is 6. The lowest BCUT2D eigenvalue weighted by Crippen LogP contribution is -2.67. The van der Waals surface area contributed by atoms with E-state index in [1.54, 1.807) is 36.4 Å². The Morgan fingerprint density at radius 2 is 0.954 bits per heavy atom. The van der Waals surface area contributed by atoms with Crippen molar-refractivity contribution in [2.24, 2.45) is 0 Å². The van der Waals surface area contributed by atoms with Gasteiger partial charge in [-0.05, 0) is 83.1 Å². The van der Waals surface area contributed by atoms with Gasteiger partial charge in [0.1, 0.15) is 55.2 Å². The summed E-state index contributed by atoms with van der Waals surface area (Å²) in [4.78, 5) is 97.7. The number of nitrogens with one attached hydrogen (secondary N) is 2. The molecule has 0 aromatic heterocycles. The number of halogens is 6. The number of benzene rings is 2. The molecule has 2 aromatic rings. The second-order valence-electron chi connectivity index (χ2n) is 28.5. The van der Waals surface area contributed by atoms with Crippen LogP contribution in [-0.2, 0) is 71.0 Å². The summed E-state index contributed by atoms with van der Waals surface area (Å²) in [5, 5.41) is 15.6. The molecule has 0 unspecified atom stereocenters. The summed E-state index contributed by atoms with van der Waals surface area (Å²) in [6.45, 7) is 8.73. The van der Waals surface area contributed by atoms with Gasteiger partial charge in [-0.3, -0.25) is 28.5 Å². The third kappa shape index (κ3) is 46.1. The molecule has 3 N–H and O–H groups in total. The molecule has 0 radical (unpaired) electrons. The molecule has 1 heterocycles. The van der Waals surface area contributed by atoms with E-state index >= 15 is 9.36 Å². The highest BCUT2D eigenvalue weighted by Gasteiger charge is 2.55. The van der Waals surface area contributed by atoms with E-state index in [-0.39, 0.29) is 43.6 Å². The lowest BCUT2D eigenvalue weighted by atomic mass is 9.96. The average molecular weight is 1670 g/mol.